The van der Waals surface area contributed by atoms with Gasteiger partial charge in [-0.3, -0.25) is 4.79 Å². The summed E-state index contributed by atoms with van der Waals surface area (Å²) in [5, 5.41) is 12.7. The van der Waals surface area contributed by atoms with E-state index in [0.29, 0.717) is 10.7 Å². The molecule has 0 spiro atoms. The summed E-state index contributed by atoms with van der Waals surface area (Å²) in [6, 6.07) is 22.4. The molecule has 4 nitrogen and oxygen atoms in total. The first-order valence-electron chi connectivity index (χ1n) is 8.01. The Bertz CT molecular complexity index is 1010. The molecular formula is C21H16ClN3O. The van der Waals surface area contributed by atoms with Gasteiger partial charge in [-0.05, 0) is 55.5 Å². The summed E-state index contributed by atoms with van der Waals surface area (Å²) in [5.74, 6) is -0.478. The number of carbonyl (C=O) groups is 1. The van der Waals surface area contributed by atoms with Crippen LogP contribution in [0.5, 0.6) is 0 Å². The van der Waals surface area contributed by atoms with Crippen molar-refractivity contribution in [1.82, 2.24) is 4.57 Å². The normalized spacial score (nSPS) is 11.0. The lowest BCUT2D eigenvalue weighted by Crippen LogP contribution is -2.13. The average Bonchev–Trinajstić information content (AvgIpc) is 3.00. The molecule has 0 bridgehead atoms. The van der Waals surface area contributed by atoms with Gasteiger partial charge in [0.1, 0.15) is 11.6 Å². The van der Waals surface area contributed by atoms with Crippen molar-refractivity contribution in [2.24, 2.45) is 0 Å². The van der Waals surface area contributed by atoms with Crippen molar-refractivity contribution >= 4 is 29.3 Å². The number of anilines is 1. The molecule has 0 aliphatic carbocycles. The van der Waals surface area contributed by atoms with Crippen molar-refractivity contribution in [2.75, 3.05) is 5.32 Å². The standard InChI is InChI=1S/C21H16ClN3O/c1-15-10-11-20(25(15)19-8-3-2-4-9-19)12-16(14-23)21(26)24-18-7-5-6-17(22)13-18/h2-13H,1H3,(H,24,26)/b16-12-. The summed E-state index contributed by atoms with van der Waals surface area (Å²) in [7, 11) is 0. The van der Waals surface area contributed by atoms with E-state index in [1.165, 1.54) is 0 Å². The molecule has 1 heterocycles. The largest absolute Gasteiger partial charge is 0.321 e. The highest BCUT2D eigenvalue weighted by atomic mass is 35.5. The van der Waals surface area contributed by atoms with E-state index >= 15 is 0 Å². The smallest absolute Gasteiger partial charge is 0.266 e. The number of hydrogen-bond acceptors (Lipinski definition) is 2. The van der Waals surface area contributed by atoms with Gasteiger partial charge in [-0.1, -0.05) is 35.9 Å². The fourth-order valence-corrected chi connectivity index (χ4v) is 2.85. The predicted octanol–water partition coefficient (Wildman–Crippen LogP) is 4.98. The maximum absolute atomic E-state index is 12.5. The summed E-state index contributed by atoms with van der Waals surface area (Å²) in [6.07, 6.45) is 1.58. The van der Waals surface area contributed by atoms with E-state index in [0.717, 1.165) is 17.1 Å². The quantitative estimate of drug-likeness (QED) is 0.526. The third-order valence-electron chi connectivity index (χ3n) is 3.86. The molecule has 2 aromatic carbocycles. The number of amides is 1. The topological polar surface area (TPSA) is 57.8 Å². The molecule has 0 saturated heterocycles. The molecule has 26 heavy (non-hydrogen) atoms. The maximum Gasteiger partial charge on any atom is 0.266 e. The molecule has 3 rings (SSSR count). The van der Waals surface area contributed by atoms with Crippen molar-refractivity contribution in [3.8, 4) is 11.8 Å². The second-order valence-corrected chi connectivity index (χ2v) is 6.14. The summed E-state index contributed by atoms with van der Waals surface area (Å²) in [5.41, 5.74) is 3.29. The molecule has 5 heteroatoms. The first-order valence-corrected chi connectivity index (χ1v) is 8.39. The monoisotopic (exact) mass is 361 g/mol. The number of benzene rings is 2. The SMILES string of the molecule is Cc1ccc(/C=C(/C#N)C(=O)Nc2cccc(Cl)c2)n1-c1ccccc1. The van der Waals surface area contributed by atoms with Crippen LogP contribution in [0.25, 0.3) is 11.8 Å². The van der Waals surface area contributed by atoms with Gasteiger partial charge in [0.25, 0.3) is 5.91 Å². The Morgan fingerprint density at radius 2 is 1.88 bits per heavy atom. The Morgan fingerprint density at radius 1 is 1.12 bits per heavy atom. The fraction of sp³-hybridized carbons (Fsp3) is 0.0476. The number of nitriles is 1. The Balaban J connectivity index is 1.93. The average molecular weight is 362 g/mol. The number of aryl methyl sites for hydroxylation is 1. The summed E-state index contributed by atoms with van der Waals surface area (Å²) >= 11 is 5.93. The Labute approximate surface area is 157 Å². The van der Waals surface area contributed by atoms with Crippen molar-refractivity contribution in [3.63, 3.8) is 0 Å². The lowest BCUT2D eigenvalue weighted by Gasteiger charge is -2.10. The van der Waals surface area contributed by atoms with Gasteiger partial charge in [-0.15, -0.1) is 0 Å². The van der Waals surface area contributed by atoms with Gasteiger partial charge in [0.15, 0.2) is 0 Å². The van der Waals surface area contributed by atoms with Gasteiger partial charge in [0.2, 0.25) is 0 Å². The zero-order valence-electron chi connectivity index (χ0n) is 14.1. The summed E-state index contributed by atoms with van der Waals surface area (Å²) in [6.45, 7) is 1.97. The number of halogens is 1. The third kappa shape index (κ3) is 3.85. The lowest BCUT2D eigenvalue weighted by molar-refractivity contribution is -0.112. The minimum Gasteiger partial charge on any atom is -0.321 e. The van der Waals surface area contributed by atoms with Gasteiger partial charge in [-0.25, -0.2) is 0 Å². The molecule has 1 aromatic heterocycles. The molecule has 0 aliphatic heterocycles. The molecule has 3 aromatic rings. The third-order valence-corrected chi connectivity index (χ3v) is 4.10. The summed E-state index contributed by atoms with van der Waals surface area (Å²) in [4.78, 5) is 12.5. The second kappa shape index (κ2) is 7.73. The van der Waals surface area contributed by atoms with Gasteiger partial charge < -0.3 is 9.88 Å². The molecule has 0 fully saturated rings. The number of para-hydroxylation sites is 1. The first kappa shape index (κ1) is 17.5. The second-order valence-electron chi connectivity index (χ2n) is 5.70. The number of aromatic nitrogens is 1. The number of carbonyl (C=O) groups excluding carboxylic acids is 1. The van der Waals surface area contributed by atoms with E-state index in [-0.39, 0.29) is 5.57 Å². The van der Waals surface area contributed by atoms with Gasteiger partial charge in [0, 0.05) is 27.8 Å². The predicted molar refractivity (Wildman–Crippen MR) is 104 cm³/mol. The molecule has 0 aliphatic rings. The van der Waals surface area contributed by atoms with Crippen LogP contribution in [0.3, 0.4) is 0 Å². The van der Waals surface area contributed by atoms with Crippen LogP contribution < -0.4 is 5.32 Å². The molecule has 1 N–H and O–H groups in total. The molecule has 0 radical (unpaired) electrons. The van der Waals surface area contributed by atoms with Crippen LogP contribution in [0.2, 0.25) is 5.02 Å². The fourth-order valence-electron chi connectivity index (χ4n) is 2.66. The number of hydrogen-bond donors (Lipinski definition) is 1. The van der Waals surface area contributed by atoms with Crippen molar-refractivity contribution < 1.29 is 4.79 Å². The van der Waals surface area contributed by atoms with Gasteiger partial charge in [0.05, 0.1) is 0 Å². The first-order chi connectivity index (χ1) is 12.6. The highest BCUT2D eigenvalue weighted by molar-refractivity contribution is 6.31. The highest BCUT2D eigenvalue weighted by Gasteiger charge is 2.12. The Hall–Kier alpha value is -3.29. The zero-order valence-corrected chi connectivity index (χ0v) is 14.9. The van der Waals surface area contributed by atoms with Crippen LogP contribution in [-0.2, 0) is 4.79 Å². The molecule has 128 valence electrons. The minimum atomic E-state index is -0.478. The van der Waals surface area contributed by atoms with Gasteiger partial charge in [-0.2, -0.15) is 5.26 Å². The van der Waals surface area contributed by atoms with E-state index in [2.05, 4.69) is 5.32 Å². The van der Waals surface area contributed by atoms with Crippen LogP contribution in [0.4, 0.5) is 5.69 Å². The minimum absolute atomic E-state index is 0.0141. The summed E-state index contributed by atoms with van der Waals surface area (Å²) < 4.78 is 1.99. The lowest BCUT2D eigenvalue weighted by atomic mass is 10.2. The number of rotatable bonds is 4. The highest BCUT2D eigenvalue weighted by Crippen LogP contribution is 2.20. The van der Waals surface area contributed by atoms with E-state index in [1.54, 1.807) is 30.3 Å². The Kier molecular flexibility index (Phi) is 5.21. The van der Waals surface area contributed by atoms with E-state index in [9.17, 15) is 10.1 Å². The van der Waals surface area contributed by atoms with Crippen LogP contribution in [0.15, 0.2) is 72.3 Å². The van der Waals surface area contributed by atoms with Crippen LogP contribution >= 0.6 is 11.6 Å². The molecule has 1 amide bonds. The van der Waals surface area contributed by atoms with Crippen molar-refractivity contribution in [1.29, 1.82) is 5.26 Å². The van der Waals surface area contributed by atoms with Crippen LogP contribution in [0.1, 0.15) is 11.4 Å². The van der Waals surface area contributed by atoms with Crippen molar-refractivity contribution in [3.05, 3.63) is 88.7 Å². The molecular weight excluding hydrogens is 346 g/mol. The number of nitrogens with zero attached hydrogens (tertiary/aromatic N) is 2. The Morgan fingerprint density at radius 3 is 2.58 bits per heavy atom. The van der Waals surface area contributed by atoms with Crippen LogP contribution in [0, 0.1) is 18.3 Å². The molecule has 0 unspecified atom stereocenters. The molecule has 0 saturated carbocycles. The van der Waals surface area contributed by atoms with E-state index < -0.39 is 5.91 Å². The maximum atomic E-state index is 12.5. The van der Waals surface area contributed by atoms with E-state index in [1.807, 2.05) is 60.0 Å². The van der Waals surface area contributed by atoms with Crippen molar-refractivity contribution in [2.45, 2.75) is 6.92 Å². The molecule has 0 atom stereocenters. The van der Waals surface area contributed by atoms with E-state index in [4.69, 9.17) is 11.6 Å². The van der Waals surface area contributed by atoms with Gasteiger partial charge >= 0.3 is 0 Å². The zero-order chi connectivity index (χ0) is 18.5. The van der Waals surface area contributed by atoms with Crippen LogP contribution in [-0.4, -0.2) is 10.5 Å². The number of nitrogens with one attached hydrogen (secondary N) is 1.